The normalized spacial score (nSPS) is 10.7. The van der Waals surface area contributed by atoms with Gasteiger partial charge < -0.3 is 0 Å². The number of rotatable bonds is 3. The van der Waals surface area contributed by atoms with Crippen molar-refractivity contribution < 1.29 is 0 Å². The fourth-order valence-corrected chi connectivity index (χ4v) is 2.33. The van der Waals surface area contributed by atoms with E-state index in [0.29, 0.717) is 17.5 Å². The number of alkyl halides is 1. The molecular weight excluding hydrogens is 342 g/mol. The molecule has 0 aliphatic rings. The van der Waals surface area contributed by atoms with E-state index in [9.17, 15) is 0 Å². The lowest BCUT2D eigenvalue weighted by molar-refractivity contribution is 0.694. The topological polar surface area (TPSA) is 56.5 Å². The lowest BCUT2D eigenvalue weighted by atomic mass is 10.2. The molecule has 0 saturated heterocycles. The largest absolute Gasteiger partial charge is 0.234 e. The van der Waals surface area contributed by atoms with E-state index in [4.69, 9.17) is 11.6 Å². The van der Waals surface area contributed by atoms with Crippen molar-refractivity contribution in [3.8, 4) is 17.2 Å². The first-order valence-electron chi connectivity index (χ1n) is 5.84. The Bertz CT molecular complexity index is 729. The average Bonchev–Trinajstić information content (AvgIpc) is 2.97. The zero-order valence-electron chi connectivity index (χ0n) is 10.2. The summed E-state index contributed by atoms with van der Waals surface area (Å²) in [5.41, 5.74) is 1.74. The highest BCUT2D eigenvalue weighted by molar-refractivity contribution is 9.10. The van der Waals surface area contributed by atoms with Gasteiger partial charge in [-0.2, -0.15) is 0 Å². The first kappa shape index (κ1) is 13.2. The number of halogens is 2. The van der Waals surface area contributed by atoms with Crippen LogP contribution >= 0.6 is 27.5 Å². The van der Waals surface area contributed by atoms with Crippen LogP contribution in [0.15, 0.2) is 47.1 Å². The van der Waals surface area contributed by atoms with Gasteiger partial charge in [0.05, 0.1) is 5.88 Å². The standard InChI is InChI=1S/C13H9BrClN5/c14-11-6-10(7-15)13(16-8-11)20-18-12(17-19-20)9-4-2-1-3-5-9/h1-6,8H,7H2. The summed E-state index contributed by atoms with van der Waals surface area (Å²) in [6.07, 6.45) is 1.68. The van der Waals surface area contributed by atoms with Crippen LogP contribution in [-0.2, 0) is 5.88 Å². The maximum Gasteiger partial charge on any atom is 0.205 e. The van der Waals surface area contributed by atoms with Crippen LogP contribution in [0.25, 0.3) is 17.2 Å². The van der Waals surface area contributed by atoms with E-state index in [1.165, 1.54) is 4.80 Å². The molecule has 0 fully saturated rings. The van der Waals surface area contributed by atoms with Crippen LogP contribution in [0.3, 0.4) is 0 Å². The van der Waals surface area contributed by atoms with E-state index in [1.807, 2.05) is 36.4 Å². The van der Waals surface area contributed by atoms with Crippen molar-refractivity contribution in [3.05, 3.63) is 52.6 Å². The van der Waals surface area contributed by atoms with Gasteiger partial charge in [-0.3, -0.25) is 0 Å². The molecule has 0 aliphatic carbocycles. The second-order valence-corrected chi connectivity index (χ2v) is 5.22. The molecule has 2 heterocycles. The van der Waals surface area contributed by atoms with Gasteiger partial charge in [-0.05, 0) is 27.2 Å². The van der Waals surface area contributed by atoms with Crippen LogP contribution in [0.5, 0.6) is 0 Å². The monoisotopic (exact) mass is 349 g/mol. The third-order valence-electron chi connectivity index (χ3n) is 2.69. The quantitative estimate of drug-likeness (QED) is 0.681. The van der Waals surface area contributed by atoms with Crippen LogP contribution in [0, 0.1) is 0 Å². The van der Waals surface area contributed by atoms with Gasteiger partial charge in [0.1, 0.15) is 0 Å². The van der Waals surface area contributed by atoms with Crippen LogP contribution < -0.4 is 0 Å². The number of hydrogen-bond donors (Lipinski definition) is 0. The Labute approximate surface area is 128 Å². The lowest BCUT2D eigenvalue weighted by Crippen LogP contribution is -2.05. The van der Waals surface area contributed by atoms with Crippen molar-refractivity contribution in [1.29, 1.82) is 0 Å². The maximum absolute atomic E-state index is 5.93. The van der Waals surface area contributed by atoms with Gasteiger partial charge >= 0.3 is 0 Å². The minimum Gasteiger partial charge on any atom is -0.234 e. The highest BCUT2D eigenvalue weighted by Crippen LogP contribution is 2.19. The summed E-state index contributed by atoms with van der Waals surface area (Å²) in [5.74, 6) is 1.46. The van der Waals surface area contributed by atoms with Crippen molar-refractivity contribution in [3.63, 3.8) is 0 Å². The predicted octanol–water partition coefficient (Wildman–Crippen LogP) is 3.23. The number of benzene rings is 1. The fraction of sp³-hybridized carbons (Fsp3) is 0.0769. The third-order valence-corrected chi connectivity index (χ3v) is 3.41. The zero-order chi connectivity index (χ0) is 13.9. The van der Waals surface area contributed by atoms with Crippen LogP contribution in [-0.4, -0.2) is 25.2 Å². The Hall–Kier alpha value is -1.79. The van der Waals surface area contributed by atoms with E-state index < -0.39 is 0 Å². The van der Waals surface area contributed by atoms with Gasteiger partial charge in [0.25, 0.3) is 0 Å². The molecule has 0 amide bonds. The van der Waals surface area contributed by atoms with E-state index in [2.05, 4.69) is 36.3 Å². The SMILES string of the molecule is ClCc1cc(Br)cnc1-n1nnc(-c2ccccc2)n1. The summed E-state index contributed by atoms with van der Waals surface area (Å²) in [7, 11) is 0. The molecule has 2 aromatic heterocycles. The summed E-state index contributed by atoms with van der Waals surface area (Å²) in [6.45, 7) is 0. The Morgan fingerprint density at radius 2 is 2.00 bits per heavy atom. The van der Waals surface area contributed by atoms with Gasteiger partial charge in [-0.25, -0.2) is 4.98 Å². The minimum absolute atomic E-state index is 0.323. The molecule has 7 heteroatoms. The molecule has 0 saturated carbocycles. The van der Waals surface area contributed by atoms with Crippen molar-refractivity contribution >= 4 is 27.5 Å². The van der Waals surface area contributed by atoms with E-state index in [1.54, 1.807) is 6.20 Å². The number of pyridine rings is 1. The van der Waals surface area contributed by atoms with Gasteiger partial charge in [0, 0.05) is 21.8 Å². The third kappa shape index (κ3) is 2.57. The zero-order valence-corrected chi connectivity index (χ0v) is 12.6. The Balaban J connectivity index is 2.02. The smallest absolute Gasteiger partial charge is 0.205 e. The van der Waals surface area contributed by atoms with Crippen molar-refractivity contribution in [2.24, 2.45) is 0 Å². The Kier molecular flexibility index (Phi) is 3.75. The van der Waals surface area contributed by atoms with Gasteiger partial charge in [0.2, 0.25) is 5.82 Å². The molecule has 0 bridgehead atoms. The van der Waals surface area contributed by atoms with Gasteiger partial charge in [-0.1, -0.05) is 30.3 Å². The molecule has 0 unspecified atom stereocenters. The highest BCUT2D eigenvalue weighted by atomic mass is 79.9. The first-order chi connectivity index (χ1) is 9.78. The number of aromatic nitrogens is 5. The second-order valence-electron chi connectivity index (χ2n) is 4.04. The van der Waals surface area contributed by atoms with E-state index in [0.717, 1.165) is 15.6 Å². The predicted molar refractivity (Wildman–Crippen MR) is 79.6 cm³/mol. The summed E-state index contributed by atoms with van der Waals surface area (Å²) in [5, 5.41) is 12.4. The molecule has 0 N–H and O–H groups in total. The Morgan fingerprint density at radius 1 is 1.20 bits per heavy atom. The molecule has 0 radical (unpaired) electrons. The maximum atomic E-state index is 5.93. The molecular formula is C13H9BrClN5. The van der Waals surface area contributed by atoms with E-state index in [-0.39, 0.29) is 0 Å². The molecule has 5 nitrogen and oxygen atoms in total. The first-order valence-corrected chi connectivity index (χ1v) is 7.17. The van der Waals surface area contributed by atoms with Gasteiger partial charge in [-0.15, -0.1) is 26.6 Å². The molecule has 3 aromatic rings. The molecule has 1 aromatic carbocycles. The average molecular weight is 351 g/mol. The summed E-state index contributed by atoms with van der Waals surface area (Å²) in [4.78, 5) is 5.69. The lowest BCUT2D eigenvalue weighted by Gasteiger charge is -2.03. The molecule has 100 valence electrons. The van der Waals surface area contributed by atoms with Crippen LogP contribution in [0.4, 0.5) is 0 Å². The number of tetrazole rings is 1. The van der Waals surface area contributed by atoms with E-state index >= 15 is 0 Å². The fourth-order valence-electron chi connectivity index (χ4n) is 1.76. The molecule has 0 spiro atoms. The van der Waals surface area contributed by atoms with Crippen LogP contribution in [0.1, 0.15) is 5.56 Å². The molecule has 3 rings (SSSR count). The highest BCUT2D eigenvalue weighted by Gasteiger charge is 2.11. The number of nitrogens with zero attached hydrogens (tertiary/aromatic N) is 5. The Morgan fingerprint density at radius 3 is 2.75 bits per heavy atom. The van der Waals surface area contributed by atoms with Crippen molar-refractivity contribution in [2.75, 3.05) is 0 Å². The summed E-state index contributed by atoms with van der Waals surface area (Å²) < 4.78 is 0.861. The number of hydrogen-bond acceptors (Lipinski definition) is 4. The van der Waals surface area contributed by atoms with Crippen LogP contribution in [0.2, 0.25) is 0 Å². The minimum atomic E-state index is 0.323. The summed E-state index contributed by atoms with van der Waals surface area (Å²) in [6, 6.07) is 11.5. The molecule has 20 heavy (non-hydrogen) atoms. The van der Waals surface area contributed by atoms with Crippen molar-refractivity contribution in [1.82, 2.24) is 25.2 Å². The molecule has 0 atom stereocenters. The molecule has 0 aliphatic heterocycles. The van der Waals surface area contributed by atoms with Gasteiger partial charge in [0.15, 0.2) is 5.82 Å². The summed E-state index contributed by atoms with van der Waals surface area (Å²) >= 11 is 9.29. The van der Waals surface area contributed by atoms with Crippen molar-refractivity contribution in [2.45, 2.75) is 5.88 Å². The second kappa shape index (κ2) is 5.68.